The maximum atomic E-state index is 13.8. The molecule has 0 aliphatic rings. The van der Waals surface area contributed by atoms with Gasteiger partial charge in [0.2, 0.25) is 0 Å². The molecule has 0 fully saturated rings. The van der Waals surface area contributed by atoms with Crippen LogP contribution >= 0.6 is 15.9 Å². The summed E-state index contributed by atoms with van der Waals surface area (Å²) in [5.41, 5.74) is 7.11. The van der Waals surface area contributed by atoms with Crippen molar-refractivity contribution in [3.63, 3.8) is 0 Å². The number of rotatable bonds is 4. The van der Waals surface area contributed by atoms with Gasteiger partial charge in [-0.05, 0) is 23.8 Å². The van der Waals surface area contributed by atoms with Crippen molar-refractivity contribution in [2.24, 2.45) is 0 Å². The molecule has 0 aliphatic heterocycles. The van der Waals surface area contributed by atoms with Crippen molar-refractivity contribution in [3.05, 3.63) is 57.8 Å². The summed E-state index contributed by atoms with van der Waals surface area (Å²) in [7, 11) is 1.77. The smallest absolute Gasteiger partial charge is 0.338 e. The van der Waals surface area contributed by atoms with Crippen LogP contribution in [0.1, 0.15) is 15.9 Å². The fraction of sp³-hybridized carbons (Fsp3) is 0.133. The van der Waals surface area contributed by atoms with Crippen molar-refractivity contribution in [2.75, 3.05) is 17.7 Å². The maximum absolute atomic E-state index is 13.8. The van der Waals surface area contributed by atoms with Crippen LogP contribution in [-0.4, -0.2) is 18.1 Å². The number of nitrogens with zero attached hydrogens (tertiary/aromatic N) is 1. The Balaban J connectivity index is 2.29. The highest BCUT2D eigenvalue weighted by Gasteiger charge is 2.16. The molecule has 2 aromatic carbocycles. The standard InChI is InChI=1S/C15H14BrFN2O2/c1-19(8-9-3-2-4-10(16)5-9)14-7-12(17)11(15(20)21)6-13(14)18/h2-7H,8,18H2,1H3,(H,20,21). The van der Waals surface area contributed by atoms with Gasteiger partial charge in [-0.2, -0.15) is 0 Å². The molecule has 0 spiro atoms. The molecule has 0 saturated heterocycles. The molecule has 0 bridgehead atoms. The van der Waals surface area contributed by atoms with Gasteiger partial charge in [-0.3, -0.25) is 0 Å². The topological polar surface area (TPSA) is 66.6 Å². The third kappa shape index (κ3) is 3.52. The zero-order valence-corrected chi connectivity index (χ0v) is 12.9. The minimum Gasteiger partial charge on any atom is -0.478 e. The van der Waals surface area contributed by atoms with Crippen molar-refractivity contribution < 1.29 is 14.3 Å². The molecular weight excluding hydrogens is 339 g/mol. The first-order valence-corrected chi connectivity index (χ1v) is 6.95. The summed E-state index contributed by atoms with van der Waals surface area (Å²) in [5.74, 6) is -2.13. The number of aromatic carboxylic acids is 1. The van der Waals surface area contributed by atoms with Gasteiger partial charge in [0.05, 0.1) is 16.9 Å². The zero-order valence-electron chi connectivity index (χ0n) is 11.3. The molecule has 0 aliphatic carbocycles. The molecule has 6 heteroatoms. The number of hydrogen-bond donors (Lipinski definition) is 2. The summed E-state index contributed by atoms with van der Waals surface area (Å²) < 4.78 is 14.7. The first kappa shape index (κ1) is 15.3. The van der Waals surface area contributed by atoms with Crippen LogP contribution in [0.25, 0.3) is 0 Å². The second kappa shape index (κ2) is 6.13. The lowest BCUT2D eigenvalue weighted by molar-refractivity contribution is 0.0692. The first-order chi connectivity index (χ1) is 9.88. The largest absolute Gasteiger partial charge is 0.478 e. The Labute approximate surface area is 130 Å². The maximum Gasteiger partial charge on any atom is 0.338 e. The number of benzene rings is 2. The number of anilines is 2. The van der Waals surface area contributed by atoms with Gasteiger partial charge in [0.1, 0.15) is 5.82 Å². The molecule has 4 nitrogen and oxygen atoms in total. The van der Waals surface area contributed by atoms with Crippen LogP contribution < -0.4 is 10.6 Å². The molecular formula is C15H14BrFN2O2. The average molecular weight is 353 g/mol. The lowest BCUT2D eigenvalue weighted by Gasteiger charge is -2.22. The molecule has 0 saturated carbocycles. The van der Waals surface area contributed by atoms with E-state index in [1.807, 2.05) is 24.3 Å². The van der Waals surface area contributed by atoms with Gasteiger partial charge in [0.15, 0.2) is 0 Å². The number of carbonyl (C=O) groups is 1. The average Bonchev–Trinajstić information content (AvgIpc) is 2.40. The van der Waals surface area contributed by atoms with Crippen LogP contribution in [0.3, 0.4) is 0 Å². The van der Waals surface area contributed by atoms with Crippen LogP contribution in [0.4, 0.5) is 15.8 Å². The number of carboxylic acid groups (broad SMARTS) is 1. The quantitative estimate of drug-likeness (QED) is 0.826. The minimum absolute atomic E-state index is 0.228. The van der Waals surface area contributed by atoms with E-state index < -0.39 is 17.3 Å². The van der Waals surface area contributed by atoms with Crippen molar-refractivity contribution in [1.29, 1.82) is 0 Å². The predicted octanol–water partition coefficient (Wildman–Crippen LogP) is 3.51. The highest BCUT2D eigenvalue weighted by Crippen LogP contribution is 2.27. The fourth-order valence-corrected chi connectivity index (χ4v) is 2.51. The predicted molar refractivity (Wildman–Crippen MR) is 84.0 cm³/mol. The van der Waals surface area contributed by atoms with E-state index in [-0.39, 0.29) is 5.69 Å². The molecule has 110 valence electrons. The Hall–Kier alpha value is -2.08. The fourth-order valence-electron chi connectivity index (χ4n) is 2.07. The van der Waals surface area contributed by atoms with E-state index in [9.17, 15) is 9.18 Å². The Morgan fingerprint density at radius 1 is 1.38 bits per heavy atom. The van der Waals surface area contributed by atoms with E-state index >= 15 is 0 Å². The van der Waals surface area contributed by atoms with Gasteiger partial charge in [-0.1, -0.05) is 28.1 Å². The highest BCUT2D eigenvalue weighted by atomic mass is 79.9. The number of halogens is 2. The molecule has 3 N–H and O–H groups in total. The monoisotopic (exact) mass is 352 g/mol. The van der Waals surface area contributed by atoms with Crippen molar-refractivity contribution in [2.45, 2.75) is 6.54 Å². The number of nitrogens with two attached hydrogens (primary N) is 1. The zero-order chi connectivity index (χ0) is 15.6. The van der Waals surface area contributed by atoms with Gasteiger partial charge < -0.3 is 15.7 Å². The first-order valence-electron chi connectivity index (χ1n) is 6.16. The van der Waals surface area contributed by atoms with Crippen LogP contribution in [-0.2, 0) is 6.54 Å². The molecule has 2 rings (SSSR count). The van der Waals surface area contributed by atoms with Gasteiger partial charge in [0, 0.05) is 24.1 Å². The van der Waals surface area contributed by atoms with Gasteiger partial charge >= 0.3 is 5.97 Å². The second-order valence-electron chi connectivity index (χ2n) is 4.68. The molecule has 2 aromatic rings. The number of hydrogen-bond acceptors (Lipinski definition) is 3. The molecule has 0 heterocycles. The van der Waals surface area contributed by atoms with Crippen LogP contribution in [0, 0.1) is 5.82 Å². The van der Waals surface area contributed by atoms with Gasteiger partial charge in [-0.15, -0.1) is 0 Å². The van der Waals surface area contributed by atoms with Crippen LogP contribution in [0.15, 0.2) is 40.9 Å². The van der Waals surface area contributed by atoms with Gasteiger partial charge in [-0.25, -0.2) is 9.18 Å². The normalized spacial score (nSPS) is 10.4. The summed E-state index contributed by atoms with van der Waals surface area (Å²) in [6.45, 7) is 0.523. The molecule has 21 heavy (non-hydrogen) atoms. The van der Waals surface area contributed by atoms with Crippen molar-refractivity contribution >= 4 is 33.3 Å². The highest BCUT2D eigenvalue weighted by molar-refractivity contribution is 9.10. The number of nitrogen functional groups attached to an aromatic ring is 1. The lowest BCUT2D eigenvalue weighted by atomic mass is 10.1. The van der Waals surface area contributed by atoms with Crippen LogP contribution in [0.5, 0.6) is 0 Å². The van der Waals surface area contributed by atoms with Crippen LogP contribution in [0.2, 0.25) is 0 Å². The van der Waals surface area contributed by atoms with E-state index in [0.29, 0.717) is 12.2 Å². The molecule has 0 radical (unpaired) electrons. The Kier molecular flexibility index (Phi) is 4.47. The minimum atomic E-state index is -1.33. The summed E-state index contributed by atoms with van der Waals surface area (Å²) in [6, 6.07) is 10.0. The van der Waals surface area contributed by atoms with Gasteiger partial charge in [0.25, 0.3) is 0 Å². The lowest BCUT2D eigenvalue weighted by Crippen LogP contribution is -2.18. The second-order valence-corrected chi connectivity index (χ2v) is 5.60. The summed E-state index contributed by atoms with van der Waals surface area (Å²) in [4.78, 5) is 12.6. The van der Waals surface area contributed by atoms with E-state index in [4.69, 9.17) is 10.8 Å². The summed E-state index contributed by atoms with van der Waals surface area (Å²) >= 11 is 3.39. The summed E-state index contributed by atoms with van der Waals surface area (Å²) in [6.07, 6.45) is 0. The van der Waals surface area contributed by atoms with E-state index in [0.717, 1.165) is 22.2 Å². The Morgan fingerprint density at radius 2 is 2.10 bits per heavy atom. The Morgan fingerprint density at radius 3 is 2.71 bits per heavy atom. The Bertz CT molecular complexity index is 691. The molecule has 0 unspecified atom stereocenters. The molecule has 0 atom stereocenters. The molecule has 0 aromatic heterocycles. The van der Waals surface area contributed by atoms with Crippen molar-refractivity contribution in [3.8, 4) is 0 Å². The number of carboxylic acids is 1. The van der Waals surface area contributed by atoms with Crippen molar-refractivity contribution in [1.82, 2.24) is 0 Å². The third-order valence-electron chi connectivity index (χ3n) is 3.07. The SMILES string of the molecule is CN(Cc1cccc(Br)c1)c1cc(F)c(C(=O)O)cc1N. The summed E-state index contributed by atoms with van der Waals surface area (Å²) in [5, 5.41) is 8.87. The van der Waals surface area contributed by atoms with E-state index in [2.05, 4.69) is 15.9 Å². The van der Waals surface area contributed by atoms with E-state index in [1.165, 1.54) is 0 Å². The third-order valence-corrected chi connectivity index (χ3v) is 3.56. The van der Waals surface area contributed by atoms with E-state index in [1.54, 1.807) is 11.9 Å². The molecule has 0 amide bonds.